The summed E-state index contributed by atoms with van der Waals surface area (Å²) >= 11 is 5.16. The summed E-state index contributed by atoms with van der Waals surface area (Å²) in [6.07, 6.45) is 0. The Balaban J connectivity index is 2.46. The summed E-state index contributed by atoms with van der Waals surface area (Å²) in [6.45, 7) is 5.85. The zero-order valence-electron chi connectivity index (χ0n) is 10.0. The summed E-state index contributed by atoms with van der Waals surface area (Å²) in [5.41, 5.74) is 6.09. The third-order valence-corrected chi connectivity index (χ3v) is 4.25. The fourth-order valence-electron chi connectivity index (χ4n) is 1.89. The van der Waals surface area contributed by atoms with Crippen molar-refractivity contribution in [3.63, 3.8) is 0 Å². The molecule has 17 heavy (non-hydrogen) atoms. The van der Waals surface area contributed by atoms with Gasteiger partial charge in [-0.25, -0.2) is 9.67 Å². The van der Waals surface area contributed by atoms with Crippen molar-refractivity contribution in [2.45, 2.75) is 32.9 Å². The molecule has 2 rings (SSSR count). The van der Waals surface area contributed by atoms with Crippen molar-refractivity contribution in [1.29, 1.82) is 0 Å². The normalized spacial score (nSPS) is 14.9. The summed E-state index contributed by atoms with van der Waals surface area (Å²) in [7, 11) is 0. The number of aryl methyl sites for hydroxylation is 2. The van der Waals surface area contributed by atoms with Gasteiger partial charge in [-0.15, -0.1) is 11.3 Å². The van der Waals surface area contributed by atoms with Crippen molar-refractivity contribution in [2.24, 2.45) is 5.73 Å². The second kappa shape index (κ2) is 4.88. The predicted octanol–water partition coefficient (Wildman–Crippen LogP) is 2.66. The largest absolute Gasteiger partial charge is 0.326 e. The molecule has 0 aliphatic rings. The maximum atomic E-state index is 6.09. The molecule has 0 bridgehead atoms. The standard InChI is InChI=1S/C11H15BrN4S/c1-6(13)11(9-4-5-10(12)17-9)16-8(3)14-7(2)15-16/h4-6,11H,13H2,1-3H3. The number of aromatic nitrogens is 3. The van der Waals surface area contributed by atoms with Crippen LogP contribution in [-0.2, 0) is 0 Å². The highest BCUT2D eigenvalue weighted by atomic mass is 79.9. The average Bonchev–Trinajstić information content (AvgIpc) is 2.75. The van der Waals surface area contributed by atoms with Gasteiger partial charge in [-0.3, -0.25) is 0 Å². The number of thiophene rings is 1. The Hall–Kier alpha value is -0.720. The molecule has 4 nitrogen and oxygen atoms in total. The Bertz CT molecular complexity index is 517. The van der Waals surface area contributed by atoms with Crippen LogP contribution in [0.4, 0.5) is 0 Å². The van der Waals surface area contributed by atoms with Crippen LogP contribution in [0, 0.1) is 13.8 Å². The van der Waals surface area contributed by atoms with E-state index in [0.29, 0.717) is 0 Å². The molecule has 0 spiro atoms. The van der Waals surface area contributed by atoms with Gasteiger partial charge in [0.25, 0.3) is 0 Å². The fraction of sp³-hybridized carbons (Fsp3) is 0.455. The Morgan fingerprint density at radius 3 is 2.53 bits per heavy atom. The molecule has 0 saturated heterocycles. The molecule has 2 atom stereocenters. The van der Waals surface area contributed by atoms with Gasteiger partial charge in [-0.1, -0.05) is 0 Å². The number of nitrogens with two attached hydrogens (primary N) is 1. The van der Waals surface area contributed by atoms with Gasteiger partial charge in [-0.2, -0.15) is 5.10 Å². The molecular formula is C11H15BrN4S. The van der Waals surface area contributed by atoms with Crippen molar-refractivity contribution in [1.82, 2.24) is 14.8 Å². The lowest BCUT2D eigenvalue weighted by Gasteiger charge is -2.20. The van der Waals surface area contributed by atoms with Gasteiger partial charge in [0.1, 0.15) is 17.7 Å². The van der Waals surface area contributed by atoms with Gasteiger partial charge in [0, 0.05) is 10.9 Å². The topological polar surface area (TPSA) is 56.7 Å². The third-order valence-electron chi connectivity index (χ3n) is 2.55. The van der Waals surface area contributed by atoms with Crippen molar-refractivity contribution < 1.29 is 0 Å². The maximum absolute atomic E-state index is 6.09. The van der Waals surface area contributed by atoms with E-state index in [0.717, 1.165) is 15.4 Å². The lowest BCUT2D eigenvalue weighted by Crippen LogP contribution is -2.31. The van der Waals surface area contributed by atoms with Crippen LogP contribution in [0.2, 0.25) is 0 Å². The zero-order chi connectivity index (χ0) is 12.6. The monoisotopic (exact) mass is 314 g/mol. The van der Waals surface area contributed by atoms with Gasteiger partial charge in [-0.05, 0) is 48.8 Å². The Labute approximate surface area is 113 Å². The maximum Gasteiger partial charge on any atom is 0.147 e. The highest BCUT2D eigenvalue weighted by Crippen LogP contribution is 2.31. The Morgan fingerprint density at radius 1 is 1.41 bits per heavy atom. The van der Waals surface area contributed by atoms with Crippen molar-refractivity contribution >= 4 is 27.3 Å². The molecule has 2 unspecified atom stereocenters. The zero-order valence-corrected chi connectivity index (χ0v) is 12.4. The first kappa shape index (κ1) is 12.7. The van der Waals surface area contributed by atoms with Crippen LogP contribution < -0.4 is 5.73 Å². The van der Waals surface area contributed by atoms with Crippen LogP contribution in [0.25, 0.3) is 0 Å². The molecule has 0 aliphatic carbocycles. The number of hydrogen-bond acceptors (Lipinski definition) is 4. The Morgan fingerprint density at radius 2 is 2.12 bits per heavy atom. The molecule has 0 saturated carbocycles. The summed E-state index contributed by atoms with van der Waals surface area (Å²) in [6, 6.07) is 4.15. The molecule has 2 aromatic heterocycles. The van der Waals surface area contributed by atoms with E-state index in [-0.39, 0.29) is 12.1 Å². The number of halogens is 1. The summed E-state index contributed by atoms with van der Waals surface area (Å²) in [4.78, 5) is 5.53. The highest BCUT2D eigenvalue weighted by Gasteiger charge is 2.23. The lowest BCUT2D eigenvalue weighted by molar-refractivity contribution is 0.448. The first-order valence-corrected chi connectivity index (χ1v) is 7.00. The molecule has 2 N–H and O–H groups in total. The summed E-state index contributed by atoms with van der Waals surface area (Å²) in [5, 5.41) is 4.43. The van der Waals surface area contributed by atoms with E-state index in [1.165, 1.54) is 4.88 Å². The predicted molar refractivity (Wildman–Crippen MR) is 73.3 cm³/mol. The van der Waals surface area contributed by atoms with Gasteiger partial charge < -0.3 is 5.73 Å². The lowest BCUT2D eigenvalue weighted by atomic mass is 10.1. The van der Waals surface area contributed by atoms with Crippen molar-refractivity contribution in [3.05, 3.63) is 32.4 Å². The molecule has 6 heteroatoms. The number of nitrogens with zero attached hydrogens (tertiary/aromatic N) is 3. The molecule has 2 heterocycles. The molecule has 0 amide bonds. The molecule has 0 aromatic carbocycles. The number of hydrogen-bond donors (Lipinski definition) is 1. The van der Waals surface area contributed by atoms with Crippen LogP contribution in [-0.4, -0.2) is 20.8 Å². The molecule has 0 aliphatic heterocycles. The van der Waals surface area contributed by atoms with E-state index < -0.39 is 0 Å². The van der Waals surface area contributed by atoms with E-state index in [4.69, 9.17) is 5.73 Å². The summed E-state index contributed by atoms with van der Waals surface area (Å²) < 4.78 is 3.02. The van der Waals surface area contributed by atoms with Crippen LogP contribution in [0.3, 0.4) is 0 Å². The second-order valence-corrected chi connectivity index (χ2v) is 6.59. The molecule has 92 valence electrons. The van der Waals surface area contributed by atoms with E-state index in [1.54, 1.807) is 11.3 Å². The quantitative estimate of drug-likeness (QED) is 0.947. The molecule has 0 fully saturated rings. The van der Waals surface area contributed by atoms with Crippen LogP contribution in [0.5, 0.6) is 0 Å². The third kappa shape index (κ3) is 2.59. The highest BCUT2D eigenvalue weighted by molar-refractivity contribution is 9.11. The summed E-state index contributed by atoms with van der Waals surface area (Å²) in [5.74, 6) is 1.68. The average molecular weight is 315 g/mol. The molecular weight excluding hydrogens is 300 g/mol. The SMILES string of the molecule is Cc1nc(C)n(C(c2ccc(Br)s2)C(C)N)n1. The number of rotatable bonds is 3. The van der Waals surface area contributed by atoms with Crippen LogP contribution >= 0.6 is 27.3 Å². The van der Waals surface area contributed by atoms with Gasteiger partial charge in [0.05, 0.1) is 3.79 Å². The first-order valence-electron chi connectivity index (χ1n) is 5.39. The van der Waals surface area contributed by atoms with Crippen molar-refractivity contribution in [2.75, 3.05) is 0 Å². The van der Waals surface area contributed by atoms with Gasteiger partial charge in [0.15, 0.2) is 0 Å². The smallest absolute Gasteiger partial charge is 0.147 e. The van der Waals surface area contributed by atoms with Crippen LogP contribution in [0.1, 0.15) is 29.5 Å². The van der Waals surface area contributed by atoms with E-state index in [2.05, 4.69) is 32.1 Å². The van der Waals surface area contributed by atoms with Crippen molar-refractivity contribution in [3.8, 4) is 0 Å². The minimum Gasteiger partial charge on any atom is -0.326 e. The second-order valence-electron chi connectivity index (χ2n) is 4.10. The van der Waals surface area contributed by atoms with E-state index in [9.17, 15) is 0 Å². The molecule has 2 aromatic rings. The van der Waals surface area contributed by atoms with Crippen LogP contribution in [0.15, 0.2) is 15.9 Å². The first-order chi connectivity index (χ1) is 7.99. The fourth-order valence-corrected chi connectivity index (χ4v) is 3.51. The minimum absolute atomic E-state index is 0.0136. The van der Waals surface area contributed by atoms with E-state index in [1.807, 2.05) is 31.5 Å². The van der Waals surface area contributed by atoms with Gasteiger partial charge in [0.2, 0.25) is 0 Å². The van der Waals surface area contributed by atoms with Gasteiger partial charge >= 0.3 is 0 Å². The Kier molecular flexibility index (Phi) is 3.65. The van der Waals surface area contributed by atoms with E-state index >= 15 is 0 Å². The minimum atomic E-state index is -0.0136. The molecule has 0 radical (unpaired) electrons.